The predicted octanol–water partition coefficient (Wildman–Crippen LogP) is 1.74. The topological polar surface area (TPSA) is 81.9 Å². The van der Waals surface area contributed by atoms with Gasteiger partial charge in [-0.1, -0.05) is 6.42 Å². The molecule has 4 rings (SSSR count). The van der Waals surface area contributed by atoms with Gasteiger partial charge in [-0.3, -0.25) is 4.79 Å². The van der Waals surface area contributed by atoms with Gasteiger partial charge in [-0.05, 0) is 38.3 Å². The van der Waals surface area contributed by atoms with E-state index in [1.165, 1.54) is 12.7 Å². The fourth-order valence-electron chi connectivity index (χ4n) is 3.86. The van der Waals surface area contributed by atoms with Crippen LogP contribution in [0.2, 0.25) is 0 Å². The third-order valence-electron chi connectivity index (χ3n) is 5.41. The molecular formula is C17H21N5O2. The predicted molar refractivity (Wildman–Crippen MR) is 86.7 cm³/mol. The lowest BCUT2D eigenvalue weighted by atomic mass is 9.51. The second kappa shape index (κ2) is 5.98. The van der Waals surface area contributed by atoms with Crippen LogP contribution < -0.4 is 5.32 Å². The number of rotatable bonds is 5. The summed E-state index contributed by atoms with van der Waals surface area (Å²) in [7, 11) is 0. The van der Waals surface area contributed by atoms with Gasteiger partial charge >= 0.3 is 0 Å². The summed E-state index contributed by atoms with van der Waals surface area (Å²) in [5, 5.41) is 7.20. The SMILES string of the molecule is CCO[C@H]1C[C@H](NC(=O)c2ccc(-n3cncn3)nc2)C12CCC2. The molecule has 2 atom stereocenters. The first-order chi connectivity index (χ1) is 11.7. The van der Waals surface area contributed by atoms with E-state index in [1.807, 2.05) is 6.92 Å². The zero-order chi connectivity index (χ0) is 16.6. The number of nitrogens with one attached hydrogen (secondary N) is 1. The molecule has 0 aliphatic heterocycles. The Labute approximate surface area is 140 Å². The summed E-state index contributed by atoms with van der Waals surface area (Å²) in [5.74, 6) is 0.568. The smallest absolute Gasteiger partial charge is 0.253 e. The fraction of sp³-hybridized carbons (Fsp3) is 0.529. The van der Waals surface area contributed by atoms with Gasteiger partial charge in [0.25, 0.3) is 5.91 Å². The van der Waals surface area contributed by atoms with Crippen molar-refractivity contribution in [3.8, 4) is 5.82 Å². The Morgan fingerprint density at radius 1 is 1.46 bits per heavy atom. The quantitative estimate of drug-likeness (QED) is 0.904. The Hall–Kier alpha value is -2.28. The maximum Gasteiger partial charge on any atom is 0.253 e. The highest BCUT2D eigenvalue weighted by Crippen LogP contribution is 2.57. The summed E-state index contributed by atoms with van der Waals surface area (Å²) in [6.07, 6.45) is 9.33. The number of hydrogen-bond donors (Lipinski definition) is 1. The molecule has 2 aromatic heterocycles. The first kappa shape index (κ1) is 15.3. The Morgan fingerprint density at radius 3 is 2.92 bits per heavy atom. The zero-order valence-corrected chi connectivity index (χ0v) is 13.7. The van der Waals surface area contributed by atoms with Crippen LogP contribution >= 0.6 is 0 Å². The van der Waals surface area contributed by atoms with Gasteiger partial charge in [-0.15, -0.1) is 0 Å². The van der Waals surface area contributed by atoms with Crippen LogP contribution in [0.3, 0.4) is 0 Å². The number of hydrogen-bond acceptors (Lipinski definition) is 5. The number of carbonyl (C=O) groups excluding carboxylic acids is 1. The summed E-state index contributed by atoms with van der Waals surface area (Å²) in [4.78, 5) is 20.7. The molecule has 7 heteroatoms. The maximum atomic E-state index is 12.5. The highest BCUT2D eigenvalue weighted by molar-refractivity contribution is 5.94. The number of amides is 1. The van der Waals surface area contributed by atoms with E-state index in [9.17, 15) is 4.79 Å². The number of aromatic nitrogens is 4. The molecule has 126 valence electrons. The normalized spacial score (nSPS) is 24.2. The molecule has 2 aliphatic rings. The van der Waals surface area contributed by atoms with E-state index in [0.29, 0.717) is 17.5 Å². The van der Waals surface area contributed by atoms with Crippen molar-refractivity contribution < 1.29 is 9.53 Å². The van der Waals surface area contributed by atoms with Crippen LogP contribution in [0.5, 0.6) is 0 Å². The van der Waals surface area contributed by atoms with Crippen molar-refractivity contribution in [2.75, 3.05) is 6.61 Å². The van der Waals surface area contributed by atoms with Gasteiger partial charge < -0.3 is 10.1 Å². The summed E-state index contributed by atoms with van der Waals surface area (Å²) in [6.45, 7) is 2.77. The summed E-state index contributed by atoms with van der Waals surface area (Å²) < 4.78 is 7.39. The van der Waals surface area contributed by atoms with Crippen LogP contribution in [0.1, 0.15) is 43.0 Å². The molecule has 0 saturated heterocycles. The van der Waals surface area contributed by atoms with Crippen LogP contribution in [-0.2, 0) is 4.74 Å². The van der Waals surface area contributed by atoms with E-state index < -0.39 is 0 Å². The van der Waals surface area contributed by atoms with Crippen LogP contribution in [0, 0.1) is 5.41 Å². The third-order valence-corrected chi connectivity index (χ3v) is 5.41. The van der Waals surface area contributed by atoms with Gasteiger partial charge in [0.1, 0.15) is 12.7 Å². The Balaban J connectivity index is 1.42. The standard InChI is InChI=1S/C17H21N5O2/c1-2-24-14-8-13(17(14)6-3-7-17)21-16(23)12-4-5-15(19-9-12)22-11-18-10-20-22/h4-5,9-11,13-14H,2-3,6-8H2,1H3,(H,21,23)/t13-,14-/m0/s1. The van der Waals surface area contributed by atoms with E-state index in [4.69, 9.17) is 4.74 Å². The monoisotopic (exact) mass is 327 g/mol. The van der Waals surface area contributed by atoms with Crippen molar-refractivity contribution in [3.63, 3.8) is 0 Å². The van der Waals surface area contributed by atoms with Gasteiger partial charge in [0.2, 0.25) is 0 Å². The second-order valence-corrected chi connectivity index (χ2v) is 6.54. The molecule has 2 aliphatic carbocycles. The third kappa shape index (κ3) is 2.39. The van der Waals surface area contributed by atoms with Crippen LogP contribution in [0.4, 0.5) is 0 Å². The number of ether oxygens (including phenoxy) is 1. The molecule has 0 radical (unpaired) electrons. The highest BCUT2D eigenvalue weighted by atomic mass is 16.5. The summed E-state index contributed by atoms with van der Waals surface area (Å²) in [6, 6.07) is 3.75. The molecule has 2 heterocycles. The molecular weight excluding hydrogens is 306 g/mol. The maximum absolute atomic E-state index is 12.5. The molecule has 1 spiro atoms. The Morgan fingerprint density at radius 2 is 2.33 bits per heavy atom. The average Bonchev–Trinajstić information content (AvgIpc) is 3.06. The van der Waals surface area contributed by atoms with Crippen LogP contribution in [0.25, 0.3) is 5.82 Å². The molecule has 0 unspecified atom stereocenters. The molecule has 1 N–H and O–H groups in total. The van der Waals surface area contributed by atoms with Crippen LogP contribution in [0.15, 0.2) is 31.0 Å². The largest absolute Gasteiger partial charge is 0.378 e. The number of carbonyl (C=O) groups is 1. The van der Waals surface area contributed by atoms with E-state index in [1.54, 1.807) is 29.3 Å². The van der Waals surface area contributed by atoms with Crippen molar-refractivity contribution in [2.24, 2.45) is 5.41 Å². The average molecular weight is 327 g/mol. The van der Waals surface area contributed by atoms with Gasteiger partial charge in [-0.2, -0.15) is 5.10 Å². The summed E-state index contributed by atoms with van der Waals surface area (Å²) in [5.41, 5.74) is 0.730. The molecule has 2 aromatic rings. The van der Waals surface area contributed by atoms with Crippen molar-refractivity contribution >= 4 is 5.91 Å². The highest BCUT2D eigenvalue weighted by Gasteiger charge is 2.59. The lowest BCUT2D eigenvalue weighted by molar-refractivity contribution is -0.169. The van der Waals surface area contributed by atoms with E-state index in [-0.39, 0.29) is 17.4 Å². The molecule has 2 fully saturated rings. The number of pyridine rings is 1. The molecule has 24 heavy (non-hydrogen) atoms. The summed E-state index contributed by atoms with van der Waals surface area (Å²) >= 11 is 0. The van der Waals surface area contributed by atoms with Crippen molar-refractivity contribution in [3.05, 3.63) is 36.5 Å². The molecule has 2 saturated carbocycles. The molecule has 1 amide bonds. The van der Waals surface area contributed by atoms with Crippen molar-refractivity contribution in [1.29, 1.82) is 0 Å². The first-order valence-electron chi connectivity index (χ1n) is 8.46. The van der Waals surface area contributed by atoms with Crippen molar-refractivity contribution in [2.45, 2.75) is 44.8 Å². The van der Waals surface area contributed by atoms with Crippen LogP contribution in [-0.4, -0.2) is 44.4 Å². The molecule has 7 nitrogen and oxygen atoms in total. The zero-order valence-electron chi connectivity index (χ0n) is 13.7. The van der Waals surface area contributed by atoms with Crippen molar-refractivity contribution in [1.82, 2.24) is 25.1 Å². The van der Waals surface area contributed by atoms with E-state index in [0.717, 1.165) is 25.9 Å². The van der Waals surface area contributed by atoms with Gasteiger partial charge in [0.05, 0.1) is 11.7 Å². The fourth-order valence-corrected chi connectivity index (χ4v) is 3.86. The Bertz CT molecular complexity index is 709. The lowest BCUT2D eigenvalue weighted by Crippen LogP contribution is -2.67. The minimum Gasteiger partial charge on any atom is -0.378 e. The minimum absolute atomic E-state index is 0.0705. The van der Waals surface area contributed by atoms with E-state index >= 15 is 0 Å². The molecule has 0 bridgehead atoms. The first-order valence-corrected chi connectivity index (χ1v) is 8.46. The second-order valence-electron chi connectivity index (χ2n) is 6.54. The lowest BCUT2D eigenvalue weighted by Gasteiger charge is -2.61. The van der Waals surface area contributed by atoms with E-state index in [2.05, 4.69) is 20.4 Å². The number of nitrogens with zero attached hydrogens (tertiary/aromatic N) is 4. The Kier molecular flexibility index (Phi) is 3.80. The minimum atomic E-state index is -0.0705. The van der Waals surface area contributed by atoms with Gasteiger partial charge in [0.15, 0.2) is 5.82 Å². The molecule has 0 aromatic carbocycles. The van der Waals surface area contributed by atoms with Gasteiger partial charge in [0, 0.05) is 24.3 Å². The van der Waals surface area contributed by atoms with Gasteiger partial charge in [-0.25, -0.2) is 14.6 Å².